The third-order valence-electron chi connectivity index (χ3n) is 26.4. The van der Waals surface area contributed by atoms with Gasteiger partial charge in [0.2, 0.25) is 69.3 Å². The lowest BCUT2D eigenvalue weighted by atomic mass is 9.54. The van der Waals surface area contributed by atoms with E-state index < -0.39 is 260 Å². The number of urea groups is 1. The molecule has 39 nitrogen and oxygen atoms in total. The number of halogens is 2. The highest BCUT2D eigenvalue weighted by Gasteiger charge is 2.54. The highest BCUT2D eigenvalue weighted by molar-refractivity contribution is 7.89. The zero-order chi connectivity index (χ0) is 95.5. The van der Waals surface area contributed by atoms with Crippen LogP contribution in [0.2, 0.25) is 10.0 Å². The van der Waals surface area contributed by atoms with Crippen molar-refractivity contribution in [1.29, 1.82) is 0 Å². The number of hydrogen-bond donors (Lipinski definition) is 22. The number of aliphatic hydroxyl groups excluding tert-OH is 6. The number of amides is 10. The number of fused-ring (bicyclic) bond motifs is 15. The summed E-state index contributed by atoms with van der Waals surface area (Å²) in [6.45, 7) is 7.05. The fourth-order valence-electron chi connectivity index (χ4n) is 19.4. The Hall–Kier alpha value is -9.86. The lowest BCUT2D eigenvalue weighted by Crippen LogP contribution is -2.64. The highest BCUT2D eigenvalue weighted by atomic mass is 35.5. The van der Waals surface area contributed by atoms with Crippen molar-refractivity contribution in [3.63, 3.8) is 0 Å². The van der Waals surface area contributed by atoms with Crippen LogP contribution in [-0.4, -0.2) is 231 Å². The van der Waals surface area contributed by atoms with Gasteiger partial charge in [-0.25, -0.2) is 17.9 Å². The van der Waals surface area contributed by atoms with Gasteiger partial charge in [0.1, 0.15) is 95.5 Å². The molecule has 5 aliphatic carbocycles. The van der Waals surface area contributed by atoms with E-state index in [-0.39, 0.29) is 94.1 Å². The van der Waals surface area contributed by atoms with Crippen LogP contribution in [0.3, 0.4) is 0 Å². The van der Waals surface area contributed by atoms with E-state index in [2.05, 4.69) is 70.1 Å². The zero-order valence-corrected chi connectivity index (χ0v) is 76.7. The van der Waals surface area contributed by atoms with Gasteiger partial charge in [-0.2, -0.15) is 0 Å². The SMILES string of the molecule is CCCCCCCCS(=O)(=O)NCCNCc1c(O)cc2c(c1O)-c1cc(ccc1O)[C@H]1NC(=O)[C@@H]3NC(=O)[C@H](CC(=O)NC(=O)NC4CC4)NC(=O)[C@H](NC(=O)[C@@H](CC(C)C)NC)[C@H](O)c4ccc(c(Cl)c4)Oc4cc3cc(c4O[C@@H]3O[C@H](CO)[C@@H](O)[C@H](O)[C@H]3O[C@H]3C[C@](C)(N)[C@H](O)[C@H](C)O3)Oc3ccc(cc3Cl)[C@@H](O)[C@H](NC1=O)C(=O)N[C@@H]2C(=O)NC1C2CC3CC(C2)CC1C3. The number of ether oxygens (including phenoxy) is 6. The van der Waals surface area contributed by atoms with E-state index in [0.29, 0.717) is 37.5 Å². The monoisotopic (exact) mass is 1910 g/mol. The first kappa shape index (κ1) is 99.1. The Labute approximate surface area is 777 Å². The molecule has 42 heteroatoms. The van der Waals surface area contributed by atoms with Gasteiger partial charge >= 0.3 is 6.03 Å². The van der Waals surface area contributed by atoms with E-state index in [9.17, 15) is 68.8 Å². The molecule has 7 aliphatic heterocycles. The molecule has 18 atom stereocenters. The summed E-state index contributed by atoms with van der Waals surface area (Å²) in [5, 5.41) is 138. The van der Waals surface area contributed by atoms with Crippen molar-refractivity contribution >= 4 is 86.5 Å². The first-order valence-corrected chi connectivity index (χ1v) is 47.7. The van der Waals surface area contributed by atoms with E-state index in [1.54, 1.807) is 0 Å². The van der Waals surface area contributed by atoms with Crippen LogP contribution in [0.25, 0.3) is 11.1 Å². The Balaban J connectivity index is 0.953. The van der Waals surface area contributed by atoms with Gasteiger partial charge in [0.15, 0.2) is 23.9 Å². The molecule has 0 aromatic heterocycles. The van der Waals surface area contributed by atoms with E-state index in [1.807, 2.05) is 13.8 Å². The third-order valence-corrected chi connectivity index (χ3v) is 28.5. The Morgan fingerprint density at radius 3 is 1.92 bits per heavy atom. The highest BCUT2D eigenvalue weighted by Crippen LogP contribution is 2.55. The first-order chi connectivity index (χ1) is 63.3. The minimum absolute atomic E-state index is 0.000520. The van der Waals surface area contributed by atoms with Crippen molar-refractivity contribution in [3.8, 4) is 57.1 Å². The van der Waals surface area contributed by atoms with Crippen molar-refractivity contribution in [2.75, 3.05) is 32.5 Å². The van der Waals surface area contributed by atoms with Crippen molar-refractivity contribution in [3.05, 3.63) is 116 Å². The summed E-state index contributed by atoms with van der Waals surface area (Å²) in [7, 11) is -2.29. The topological polar surface area (TPSA) is 596 Å². The number of rotatable bonds is 28. The Bertz CT molecular complexity index is 5280. The van der Waals surface area contributed by atoms with E-state index in [0.717, 1.165) is 106 Å². The van der Waals surface area contributed by atoms with Gasteiger partial charge in [-0.3, -0.25) is 43.7 Å². The number of phenolic OH excluding ortho intramolecular Hbond substituents is 3. The molecule has 133 heavy (non-hydrogen) atoms. The van der Waals surface area contributed by atoms with Gasteiger partial charge in [0, 0.05) is 54.8 Å². The molecule has 15 bridgehead atoms. The van der Waals surface area contributed by atoms with Crippen LogP contribution in [0.1, 0.15) is 201 Å². The molecule has 10 amide bonds. The van der Waals surface area contributed by atoms with E-state index in [1.165, 1.54) is 45.2 Å². The van der Waals surface area contributed by atoms with Gasteiger partial charge in [-0.15, -0.1) is 0 Å². The summed E-state index contributed by atoms with van der Waals surface area (Å²) in [5.74, 6) is -14.4. The van der Waals surface area contributed by atoms with Crippen LogP contribution >= 0.6 is 23.2 Å². The predicted octanol–water partition coefficient (Wildman–Crippen LogP) is 3.83. The van der Waals surface area contributed by atoms with Gasteiger partial charge in [0.25, 0.3) is 0 Å². The van der Waals surface area contributed by atoms with E-state index in [4.69, 9.17) is 57.4 Å². The quantitative estimate of drug-likeness (QED) is 0.0316. The van der Waals surface area contributed by atoms with Crippen LogP contribution in [0.15, 0.2) is 72.8 Å². The standard InChI is InChI=1S/C91H119Cl2N13O26S/c1-7-8-9-10-11-12-23-133(125,126)97-22-21-96-38-53-59(109)35-52-67(76(53)113)51-30-44(13-18-58(51)108)69-84(119)106-73(88(123)104-71(52)86(121)101-68-47-26-42-25-43(28-47)29-48(68)27-42)75(112)46-15-20-61(55(93)32-46)129-63-34-49-33-62(79(63)132-89-80(78(115)77(114)64(39-107)130-89)131-66-37-91(5,94)81(116)41(4)127-66)128-60-19-14-45(31-54(60)92)74(111)72(105-82(117)56(95-6)24-40(2)3)87(122)99-57(83(118)102-70(49)85(120)103-69)36-65(110)100-90(124)98-50-16-17-50/h13-15,18-20,30-35,40-43,47-48,50,56-57,64,66,68-75,77-78,80-81,89,95-97,107-109,111-116H,7-12,16-17,21-29,36-39,94H2,1-6H3,(H,99,122)(H,101,121)(H,102,118)(H,103,120)(H,104,123)(H,105,117)(H,106,119)(H2,98,100,110,124)/t41-,42?,43?,47?,48?,56+,57-,64+,66-,68?,69+,70+,71-,72+,73-,74+,75+,77+,78-,80+,81+,89-,91-/m0/s1. The second kappa shape index (κ2) is 42.2. The molecule has 23 N–H and O–H groups in total. The predicted molar refractivity (Wildman–Crippen MR) is 478 cm³/mol. The molecule has 7 heterocycles. The van der Waals surface area contributed by atoms with Crippen LogP contribution in [0, 0.1) is 29.6 Å². The Morgan fingerprint density at radius 2 is 1.30 bits per heavy atom. The minimum Gasteiger partial charge on any atom is -0.507 e. The number of imide groups is 1. The maximum absolute atomic E-state index is 16.8. The minimum atomic E-state index is -3.76. The largest absolute Gasteiger partial charge is 0.507 e. The summed E-state index contributed by atoms with van der Waals surface area (Å²) < 4.78 is 68.1. The number of nitrogens with one attached hydrogen (secondary N) is 12. The molecule has 17 rings (SSSR count). The molecule has 5 aromatic rings. The summed E-state index contributed by atoms with van der Waals surface area (Å²) in [5.41, 5.74) is 2.32. The molecule has 5 aromatic carbocycles. The first-order valence-electron chi connectivity index (χ1n) is 45.3. The molecule has 12 aliphatic rings. The summed E-state index contributed by atoms with van der Waals surface area (Å²) in [6.07, 6.45) is -8.76. The molecule has 0 spiro atoms. The zero-order valence-electron chi connectivity index (χ0n) is 74.3. The normalized spacial score (nSPS) is 30.0. The molecule has 0 unspecified atom stereocenters. The number of aliphatic hydroxyl groups is 6. The number of carbonyl (C=O) groups excluding carboxylic acids is 9. The molecule has 724 valence electrons. The molecule has 5 saturated carbocycles. The van der Waals surface area contributed by atoms with Crippen molar-refractivity contribution in [2.45, 2.75) is 265 Å². The number of aromatic hydroxyl groups is 3. The number of carbonyl (C=O) groups is 9. The Morgan fingerprint density at radius 1 is 0.677 bits per heavy atom. The van der Waals surface area contributed by atoms with Crippen molar-refractivity contribution in [2.24, 2.45) is 35.3 Å². The summed E-state index contributed by atoms with van der Waals surface area (Å²) >= 11 is 14.6. The number of nitrogens with two attached hydrogens (primary N) is 1. The number of benzene rings is 5. The average molecular weight is 1910 g/mol. The maximum atomic E-state index is 16.8. The van der Waals surface area contributed by atoms with Crippen LogP contribution < -0.4 is 83.2 Å². The smallest absolute Gasteiger partial charge is 0.321 e. The van der Waals surface area contributed by atoms with Crippen LogP contribution in [0.5, 0.6) is 46.0 Å². The molecule has 0 radical (unpaired) electrons. The molecule has 2 saturated heterocycles. The fraction of sp³-hybridized carbons (Fsp3) is 0.571. The van der Waals surface area contributed by atoms with Gasteiger partial charge < -0.3 is 133 Å². The fourth-order valence-corrected chi connectivity index (χ4v) is 21.0. The van der Waals surface area contributed by atoms with Gasteiger partial charge in [-0.1, -0.05) is 94.3 Å². The molecular formula is C91H119Cl2N13O26S. The maximum Gasteiger partial charge on any atom is 0.321 e. The number of likely N-dealkylation sites (N-methyl/N-ethyl adjacent to an activating group) is 1. The van der Waals surface area contributed by atoms with Crippen LogP contribution in [0.4, 0.5) is 4.79 Å². The van der Waals surface area contributed by atoms with Crippen LogP contribution in [-0.2, 0) is 69.1 Å². The number of phenols is 3. The second-order valence-electron chi connectivity index (χ2n) is 37.1. The lowest BCUT2D eigenvalue weighted by Gasteiger charge is -2.54. The number of hydrogen-bond acceptors (Lipinski definition) is 29. The van der Waals surface area contributed by atoms with Gasteiger partial charge in [0.05, 0.1) is 52.6 Å². The molecular weight excluding hydrogens is 1790 g/mol. The van der Waals surface area contributed by atoms with Crippen molar-refractivity contribution in [1.82, 2.24) is 63.2 Å². The second-order valence-corrected chi connectivity index (χ2v) is 39.8. The third kappa shape index (κ3) is 23.0. The van der Waals surface area contributed by atoms with Gasteiger partial charge in [-0.05, 0) is 191 Å². The number of unbranched alkanes of at least 4 members (excludes halogenated alkanes) is 5. The van der Waals surface area contributed by atoms with E-state index >= 15 is 28.8 Å². The number of sulfonamides is 1. The average Bonchev–Trinajstić information content (AvgIpc) is 1.75. The summed E-state index contributed by atoms with van der Waals surface area (Å²) in [6, 6.07) is -2.78. The summed E-state index contributed by atoms with van der Waals surface area (Å²) in [4.78, 5) is 139. The Kier molecular flexibility index (Phi) is 31.4. The molecule has 7 fully saturated rings. The lowest BCUT2D eigenvalue weighted by molar-refractivity contribution is -0.333. The van der Waals surface area contributed by atoms with Crippen molar-refractivity contribution < 1.29 is 126 Å².